The summed E-state index contributed by atoms with van der Waals surface area (Å²) in [5, 5.41) is 2.14. The second-order valence-corrected chi connectivity index (χ2v) is 4.17. The first kappa shape index (κ1) is 8.97. The standard InChI is InChI=1S/C8H19N3/c1-8(2,3)11-6-5-10(4)9-7-11/h9H,5-7H2,1-4H3. The molecule has 3 heteroatoms. The van der Waals surface area contributed by atoms with Crippen LogP contribution in [0.2, 0.25) is 0 Å². The van der Waals surface area contributed by atoms with Crippen LogP contribution in [0.1, 0.15) is 20.8 Å². The largest absolute Gasteiger partial charge is 0.283 e. The van der Waals surface area contributed by atoms with Gasteiger partial charge in [-0.1, -0.05) is 0 Å². The maximum atomic E-state index is 3.30. The maximum Gasteiger partial charge on any atom is 0.0621 e. The van der Waals surface area contributed by atoms with E-state index in [-0.39, 0.29) is 0 Å². The molecule has 1 aliphatic heterocycles. The summed E-state index contributed by atoms with van der Waals surface area (Å²) in [5.41, 5.74) is 3.60. The van der Waals surface area contributed by atoms with E-state index in [1.165, 1.54) is 0 Å². The Morgan fingerprint density at radius 3 is 2.18 bits per heavy atom. The van der Waals surface area contributed by atoms with Gasteiger partial charge in [-0.25, -0.2) is 10.4 Å². The lowest BCUT2D eigenvalue weighted by Crippen LogP contribution is -2.57. The lowest BCUT2D eigenvalue weighted by atomic mass is 10.1. The molecule has 0 atom stereocenters. The Bertz CT molecular complexity index is 120. The normalized spacial score (nSPS) is 24.0. The topological polar surface area (TPSA) is 18.5 Å². The van der Waals surface area contributed by atoms with Gasteiger partial charge in [0.05, 0.1) is 6.67 Å². The second-order valence-electron chi connectivity index (χ2n) is 4.17. The number of hydrogen-bond donors (Lipinski definition) is 1. The third-order valence-corrected chi connectivity index (χ3v) is 2.19. The first-order valence-corrected chi connectivity index (χ1v) is 4.20. The number of likely N-dealkylation sites (N-methyl/N-ethyl adjacent to an activating group) is 1. The van der Waals surface area contributed by atoms with Crippen molar-refractivity contribution in [3.8, 4) is 0 Å². The predicted molar refractivity (Wildman–Crippen MR) is 47.1 cm³/mol. The smallest absolute Gasteiger partial charge is 0.0621 e. The predicted octanol–water partition coefficient (Wildman–Crippen LogP) is 0.494. The first-order chi connectivity index (χ1) is 5.00. The zero-order valence-electron chi connectivity index (χ0n) is 8.02. The highest BCUT2D eigenvalue weighted by molar-refractivity contribution is 4.77. The molecule has 0 saturated carbocycles. The molecule has 3 nitrogen and oxygen atoms in total. The van der Waals surface area contributed by atoms with Crippen LogP contribution in [0.3, 0.4) is 0 Å². The minimum absolute atomic E-state index is 0.300. The molecule has 0 aromatic heterocycles. The Morgan fingerprint density at radius 1 is 1.18 bits per heavy atom. The van der Waals surface area contributed by atoms with Crippen LogP contribution < -0.4 is 5.43 Å². The van der Waals surface area contributed by atoms with Gasteiger partial charge in [0, 0.05) is 25.7 Å². The van der Waals surface area contributed by atoms with Crippen LogP contribution >= 0.6 is 0 Å². The van der Waals surface area contributed by atoms with Crippen molar-refractivity contribution in [1.29, 1.82) is 0 Å². The van der Waals surface area contributed by atoms with E-state index in [4.69, 9.17) is 0 Å². The van der Waals surface area contributed by atoms with Crippen molar-refractivity contribution in [1.82, 2.24) is 15.3 Å². The highest BCUT2D eigenvalue weighted by Crippen LogP contribution is 2.12. The van der Waals surface area contributed by atoms with Crippen LogP contribution in [-0.2, 0) is 0 Å². The molecule has 1 N–H and O–H groups in total. The Kier molecular flexibility index (Phi) is 2.52. The van der Waals surface area contributed by atoms with Gasteiger partial charge in [0.25, 0.3) is 0 Å². The SMILES string of the molecule is CN1CCN(C(C)(C)C)CN1. The van der Waals surface area contributed by atoms with Gasteiger partial charge in [0.15, 0.2) is 0 Å². The molecule has 0 radical (unpaired) electrons. The quantitative estimate of drug-likeness (QED) is 0.552. The molecule has 1 heterocycles. The fourth-order valence-electron chi connectivity index (χ4n) is 1.21. The van der Waals surface area contributed by atoms with Gasteiger partial charge < -0.3 is 0 Å². The van der Waals surface area contributed by atoms with E-state index in [0.29, 0.717) is 5.54 Å². The Balaban J connectivity index is 2.39. The van der Waals surface area contributed by atoms with Crippen LogP contribution in [0.15, 0.2) is 0 Å². The molecule has 66 valence electrons. The van der Waals surface area contributed by atoms with Crippen LogP contribution in [-0.4, -0.2) is 42.3 Å². The van der Waals surface area contributed by atoms with Crippen molar-refractivity contribution in [3.05, 3.63) is 0 Å². The van der Waals surface area contributed by atoms with E-state index in [0.717, 1.165) is 19.8 Å². The van der Waals surface area contributed by atoms with Gasteiger partial charge in [-0.2, -0.15) is 0 Å². The van der Waals surface area contributed by atoms with Gasteiger partial charge >= 0.3 is 0 Å². The van der Waals surface area contributed by atoms with Crippen molar-refractivity contribution in [2.24, 2.45) is 0 Å². The lowest BCUT2D eigenvalue weighted by molar-refractivity contribution is 0.0258. The second kappa shape index (κ2) is 3.09. The maximum absolute atomic E-state index is 3.30. The molecule has 0 aromatic carbocycles. The Hall–Kier alpha value is -0.120. The van der Waals surface area contributed by atoms with Gasteiger partial charge in [-0.3, -0.25) is 4.90 Å². The highest BCUT2D eigenvalue weighted by Gasteiger charge is 2.23. The minimum Gasteiger partial charge on any atom is -0.283 e. The summed E-state index contributed by atoms with van der Waals surface area (Å²) < 4.78 is 0. The lowest BCUT2D eigenvalue weighted by Gasteiger charge is -2.41. The molecular weight excluding hydrogens is 138 g/mol. The summed E-state index contributed by atoms with van der Waals surface area (Å²) in [6, 6.07) is 0. The molecule has 1 aliphatic rings. The fourth-order valence-corrected chi connectivity index (χ4v) is 1.21. The molecular formula is C8H19N3. The van der Waals surface area contributed by atoms with E-state index >= 15 is 0 Å². The molecule has 0 amide bonds. The van der Waals surface area contributed by atoms with Crippen molar-refractivity contribution >= 4 is 0 Å². The molecule has 0 bridgehead atoms. The van der Waals surface area contributed by atoms with E-state index in [1.54, 1.807) is 0 Å². The van der Waals surface area contributed by atoms with Crippen LogP contribution in [0, 0.1) is 0 Å². The fraction of sp³-hybridized carbons (Fsp3) is 1.00. The van der Waals surface area contributed by atoms with Crippen LogP contribution in [0.25, 0.3) is 0 Å². The molecule has 0 spiro atoms. The zero-order valence-corrected chi connectivity index (χ0v) is 8.02. The summed E-state index contributed by atoms with van der Waals surface area (Å²) in [7, 11) is 2.08. The number of rotatable bonds is 0. The molecule has 1 fully saturated rings. The highest BCUT2D eigenvalue weighted by atomic mass is 15.6. The molecule has 0 aromatic rings. The summed E-state index contributed by atoms with van der Waals surface area (Å²) in [5.74, 6) is 0. The average molecular weight is 157 g/mol. The third kappa shape index (κ3) is 2.43. The summed E-state index contributed by atoms with van der Waals surface area (Å²) >= 11 is 0. The monoisotopic (exact) mass is 157 g/mol. The van der Waals surface area contributed by atoms with Crippen LogP contribution in [0.5, 0.6) is 0 Å². The number of hydrazine groups is 1. The number of hydrogen-bond acceptors (Lipinski definition) is 3. The summed E-state index contributed by atoms with van der Waals surface area (Å²) in [4.78, 5) is 2.44. The Labute approximate surface area is 69.3 Å². The molecule has 1 rings (SSSR count). The van der Waals surface area contributed by atoms with Crippen molar-refractivity contribution < 1.29 is 0 Å². The van der Waals surface area contributed by atoms with E-state index < -0.39 is 0 Å². The van der Waals surface area contributed by atoms with Crippen molar-refractivity contribution in [2.45, 2.75) is 26.3 Å². The average Bonchev–Trinajstić information content (AvgIpc) is 1.86. The van der Waals surface area contributed by atoms with Gasteiger partial charge in [0.1, 0.15) is 0 Å². The number of nitrogens with zero attached hydrogens (tertiary/aromatic N) is 2. The van der Waals surface area contributed by atoms with Gasteiger partial charge in [-0.15, -0.1) is 0 Å². The first-order valence-electron chi connectivity index (χ1n) is 4.20. The summed E-state index contributed by atoms with van der Waals surface area (Å²) in [6.07, 6.45) is 0. The van der Waals surface area contributed by atoms with Crippen molar-refractivity contribution in [3.63, 3.8) is 0 Å². The Morgan fingerprint density at radius 2 is 1.82 bits per heavy atom. The molecule has 0 unspecified atom stereocenters. The molecule has 11 heavy (non-hydrogen) atoms. The van der Waals surface area contributed by atoms with Gasteiger partial charge in [-0.05, 0) is 20.8 Å². The third-order valence-electron chi connectivity index (χ3n) is 2.19. The van der Waals surface area contributed by atoms with Gasteiger partial charge in [0.2, 0.25) is 0 Å². The van der Waals surface area contributed by atoms with Crippen molar-refractivity contribution in [2.75, 3.05) is 26.8 Å². The minimum atomic E-state index is 0.300. The van der Waals surface area contributed by atoms with Crippen LogP contribution in [0.4, 0.5) is 0 Å². The zero-order chi connectivity index (χ0) is 8.48. The van der Waals surface area contributed by atoms with E-state index in [1.807, 2.05) is 0 Å². The van der Waals surface area contributed by atoms with E-state index in [2.05, 4.69) is 43.2 Å². The number of nitrogens with one attached hydrogen (secondary N) is 1. The molecule has 1 saturated heterocycles. The van der Waals surface area contributed by atoms with E-state index in [9.17, 15) is 0 Å². The summed E-state index contributed by atoms with van der Waals surface area (Å²) in [6.45, 7) is 9.99. The molecule has 0 aliphatic carbocycles.